The zero-order chi connectivity index (χ0) is 16.8. The Morgan fingerprint density at radius 3 is 2.16 bits per heavy atom. The third-order valence-corrected chi connectivity index (χ3v) is 7.63. The summed E-state index contributed by atoms with van der Waals surface area (Å²) in [6.45, 7) is 0. The quantitative estimate of drug-likeness (QED) is 0.788. The largest absolute Gasteiger partial charge is 0.397 e. The Hall–Kier alpha value is -1.22. The first-order chi connectivity index (χ1) is 12.3. The van der Waals surface area contributed by atoms with E-state index in [0.29, 0.717) is 6.04 Å². The van der Waals surface area contributed by atoms with Crippen molar-refractivity contribution in [1.29, 1.82) is 0 Å². The van der Waals surface area contributed by atoms with E-state index in [-0.39, 0.29) is 0 Å². The fourth-order valence-electron chi connectivity index (χ4n) is 6.72. The maximum atomic E-state index is 6.15. The van der Waals surface area contributed by atoms with Crippen LogP contribution in [0.1, 0.15) is 64.2 Å². The summed E-state index contributed by atoms with van der Waals surface area (Å²) >= 11 is 0. The summed E-state index contributed by atoms with van der Waals surface area (Å²) in [6, 6.07) is 11.4. The minimum absolute atomic E-state index is 0.599. The van der Waals surface area contributed by atoms with Crippen molar-refractivity contribution in [1.82, 2.24) is 4.90 Å². The second-order valence-electron chi connectivity index (χ2n) is 9.26. The van der Waals surface area contributed by atoms with E-state index in [2.05, 4.69) is 22.3 Å². The maximum Gasteiger partial charge on any atom is 0.0576 e. The molecular formula is C22H33N3. The van der Waals surface area contributed by atoms with Gasteiger partial charge in [-0.05, 0) is 68.9 Å². The molecule has 0 spiro atoms. The molecule has 136 valence electrons. The van der Waals surface area contributed by atoms with E-state index in [1.165, 1.54) is 64.2 Å². The van der Waals surface area contributed by atoms with Crippen molar-refractivity contribution >= 4 is 11.4 Å². The Kier molecular flexibility index (Phi) is 4.16. The molecule has 1 aromatic rings. The second kappa shape index (κ2) is 6.50. The summed E-state index contributed by atoms with van der Waals surface area (Å²) < 4.78 is 0. The van der Waals surface area contributed by atoms with Gasteiger partial charge in [0.05, 0.1) is 11.4 Å². The number of anilines is 2. The van der Waals surface area contributed by atoms with E-state index >= 15 is 0 Å². The van der Waals surface area contributed by atoms with Crippen LogP contribution < -0.4 is 11.1 Å². The number of hydrogen-bond donors (Lipinski definition) is 2. The summed E-state index contributed by atoms with van der Waals surface area (Å²) in [5, 5.41) is 3.76. The van der Waals surface area contributed by atoms with Crippen LogP contribution in [0.15, 0.2) is 24.3 Å². The van der Waals surface area contributed by atoms with E-state index in [4.69, 9.17) is 5.73 Å². The van der Waals surface area contributed by atoms with Crippen LogP contribution >= 0.6 is 0 Å². The Labute approximate surface area is 152 Å². The van der Waals surface area contributed by atoms with Crippen LogP contribution in [-0.2, 0) is 0 Å². The van der Waals surface area contributed by atoms with Crippen molar-refractivity contribution in [3.8, 4) is 0 Å². The van der Waals surface area contributed by atoms with Crippen LogP contribution in [0.5, 0.6) is 0 Å². The van der Waals surface area contributed by atoms with Crippen LogP contribution in [0.25, 0.3) is 0 Å². The van der Waals surface area contributed by atoms with Crippen molar-refractivity contribution in [2.75, 3.05) is 11.1 Å². The molecule has 2 saturated carbocycles. The van der Waals surface area contributed by atoms with Crippen molar-refractivity contribution in [3.63, 3.8) is 0 Å². The third kappa shape index (κ3) is 3.05. The van der Waals surface area contributed by atoms with E-state index in [1.807, 2.05) is 12.1 Å². The molecule has 4 aliphatic rings. The Morgan fingerprint density at radius 2 is 1.48 bits per heavy atom. The molecule has 0 aromatic heterocycles. The standard InChI is InChI=1S/C22H33N3/c23-21-6-1-2-7-22(21)24-17-13-18-8-9-19(14-17)25(18)20-11-15-4-3-5-16(10-15)12-20/h1-2,6-7,15-20,24H,3-5,8-14,23H2/t15-,16+,17-,18+,19-,20+. The molecule has 2 aliphatic carbocycles. The molecule has 2 saturated heterocycles. The van der Waals surface area contributed by atoms with Gasteiger partial charge in [0, 0.05) is 24.2 Å². The van der Waals surface area contributed by atoms with E-state index in [0.717, 1.165) is 41.3 Å². The Bertz CT molecular complexity index is 589. The van der Waals surface area contributed by atoms with Crippen molar-refractivity contribution in [2.45, 2.75) is 88.4 Å². The van der Waals surface area contributed by atoms with Gasteiger partial charge in [0.25, 0.3) is 0 Å². The van der Waals surface area contributed by atoms with Gasteiger partial charge in [-0.15, -0.1) is 0 Å². The Balaban J connectivity index is 1.27. The lowest BCUT2D eigenvalue weighted by molar-refractivity contribution is 0.0177. The molecule has 25 heavy (non-hydrogen) atoms. The molecule has 3 N–H and O–H groups in total. The summed E-state index contributed by atoms with van der Waals surface area (Å²) in [7, 11) is 0. The van der Waals surface area contributed by atoms with Crippen molar-refractivity contribution in [2.24, 2.45) is 11.8 Å². The van der Waals surface area contributed by atoms with E-state index < -0.39 is 0 Å². The zero-order valence-electron chi connectivity index (χ0n) is 15.4. The molecule has 0 radical (unpaired) electrons. The first kappa shape index (κ1) is 16.0. The number of nitrogens with zero attached hydrogens (tertiary/aromatic N) is 1. The smallest absolute Gasteiger partial charge is 0.0576 e. The lowest BCUT2D eigenvalue weighted by Crippen LogP contribution is -2.53. The number of piperidine rings is 1. The van der Waals surface area contributed by atoms with Crippen molar-refractivity contribution < 1.29 is 0 Å². The topological polar surface area (TPSA) is 41.3 Å². The third-order valence-electron chi connectivity index (χ3n) is 7.63. The lowest BCUT2D eigenvalue weighted by Gasteiger charge is -2.49. The molecule has 3 nitrogen and oxygen atoms in total. The summed E-state index contributed by atoms with van der Waals surface area (Å²) in [5.41, 5.74) is 8.16. The molecule has 1 aromatic carbocycles. The normalized spacial score (nSPS) is 40.8. The predicted octanol–water partition coefficient (Wildman–Crippen LogP) is 4.64. The molecule has 3 heteroatoms. The van der Waals surface area contributed by atoms with Gasteiger partial charge >= 0.3 is 0 Å². The fraction of sp³-hybridized carbons (Fsp3) is 0.727. The fourth-order valence-corrected chi connectivity index (χ4v) is 6.72. The lowest BCUT2D eigenvalue weighted by atomic mass is 9.69. The van der Waals surface area contributed by atoms with Crippen LogP contribution in [0.2, 0.25) is 0 Å². The molecule has 5 rings (SSSR count). The highest BCUT2D eigenvalue weighted by Crippen LogP contribution is 2.46. The van der Waals surface area contributed by atoms with Gasteiger partial charge in [0.1, 0.15) is 0 Å². The highest BCUT2D eigenvalue weighted by atomic mass is 15.3. The SMILES string of the molecule is Nc1ccccc1N[C@H]1C[C@H]2CC[C@@H](C1)N2[C@H]1C[C@@H]2CCC[C@@H](C2)C1. The van der Waals surface area contributed by atoms with Crippen LogP contribution in [0.3, 0.4) is 0 Å². The van der Waals surface area contributed by atoms with Gasteiger partial charge in [-0.25, -0.2) is 0 Å². The summed E-state index contributed by atoms with van der Waals surface area (Å²) in [5.74, 6) is 2.08. The van der Waals surface area contributed by atoms with Gasteiger partial charge < -0.3 is 11.1 Å². The molecule has 4 fully saturated rings. The van der Waals surface area contributed by atoms with Crippen LogP contribution in [-0.4, -0.2) is 29.1 Å². The average molecular weight is 340 g/mol. The Morgan fingerprint density at radius 1 is 0.800 bits per heavy atom. The number of nitrogens with two attached hydrogens (primary N) is 1. The molecule has 6 atom stereocenters. The molecule has 0 unspecified atom stereocenters. The van der Waals surface area contributed by atoms with Gasteiger partial charge in [-0.1, -0.05) is 31.4 Å². The van der Waals surface area contributed by atoms with Crippen molar-refractivity contribution in [3.05, 3.63) is 24.3 Å². The first-order valence-electron chi connectivity index (χ1n) is 10.6. The van der Waals surface area contributed by atoms with Gasteiger partial charge in [-0.2, -0.15) is 0 Å². The second-order valence-corrected chi connectivity index (χ2v) is 9.26. The highest BCUT2D eigenvalue weighted by molar-refractivity contribution is 5.66. The van der Waals surface area contributed by atoms with Gasteiger partial charge in [-0.3, -0.25) is 4.90 Å². The van der Waals surface area contributed by atoms with Crippen LogP contribution in [0.4, 0.5) is 11.4 Å². The average Bonchev–Trinajstić information content (AvgIpc) is 2.87. The monoisotopic (exact) mass is 339 g/mol. The van der Waals surface area contributed by atoms with Crippen LogP contribution in [0, 0.1) is 11.8 Å². The predicted molar refractivity (Wildman–Crippen MR) is 105 cm³/mol. The number of rotatable bonds is 3. The minimum Gasteiger partial charge on any atom is -0.397 e. The summed E-state index contributed by atoms with van der Waals surface area (Å²) in [4.78, 5) is 3.00. The highest BCUT2D eigenvalue weighted by Gasteiger charge is 2.46. The number of nitrogens with one attached hydrogen (secondary N) is 1. The van der Waals surface area contributed by atoms with E-state index in [9.17, 15) is 0 Å². The maximum absolute atomic E-state index is 6.15. The molecule has 2 heterocycles. The molecular weight excluding hydrogens is 306 g/mol. The zero-order valence-corrected chi connectivity index (χ0v) is 15.4. The minimum atomic E-state index is 0.599. The molecule has 2 aliphatic heterocycles. The van der Waals surface area contributed by atoms with E-state index in [1.54, 1.807) is 0 Å². The first-order valence-corrected chi connectivity index (χ1v) is 10.6. The number of fused-ring (bicyclic) bond motifs is 4. The summed E-state index contributed by atoms with van der Waals surface area (Å²) in [6.07, 6.45) is 14.5. The number of hydrogen-bond acceptors (Lipinski definition) is 3. The molecule has 4 bridgehead atoms. The number of nitrogen functional groups attached to an aromatic ring is 1. The molecule has 0 amide bonds. The van der Waals surface area contributed by atoms with Gasteiger partial charge in [0.15, 0.2) is 0 Å². The van der Waals surface area contributed by atoms with Gasteiger partial charge in [0.2, 0.25) is 0 Å². The number of benzene rings is 1. The number of para-hydroxylation sites is 2.